The van der Waals surface area contributed by atoms with Gasteiger partial charge in [-0.05, 0) is 144 Å². The number of benzene rings is 14. The summed E-state index contributed by atoms with van der Waals surface area (Å²) >= 11 is 0. The number of hydrogen-bond donors (Lipinski definition) is 2. The van der Waals surface area contributed by atoms with Crippen LogP contribution in [0.4, 0.5) is 0 Å². The zero-order chi connectivity index (χ0) is 67.7. The lowest BCUT2D eigenvalue weighted by atomic mass is 9.72. The minimum absolute atomic E-state index is 0.0156. The van der Waals surface area contributed by atoms with E-state index in [1.54, 1.807) is 19.1 Å². The molecule has 2 N–H and O–H groups in total. The molecule has 0 aliphatic heterocycles. The number of fused-ring (bicyclic) bond motifs is 10. The smallest absolute Gasteiger partial charge is 0.423 e. The van der Waals surface area contributed by atoms with Gasteiger partial charge in [-0.15, -0.1) is 0 Å². The SMILES string of the molecule is [2H]c1c([2H])c([2H])c2c(-c3ccc4ccc5ccccc5c4c3)c3c([2H])c([2H])c([2H])c([2H])c3c(B(O)O)c2c1[2H].[2H]c1cc([2H])c(-c2c3c([2H])c([2H])c([2H])c([2H])c3c(-c3ccc4ccc5ccccc5c4c3)c3c([2H])c([2H])c([2H])c([2H])c23)c([2H])c1.[2H]c1cc([2H])c(C)c([2H])c1. The van der Waals surface area contributed by atoms with E-state index in [0.29, 0.717) is 16.7 Å². The highest BCUT2D eigenvalue weighted by Crippen LogP contribution is 2.45. The summed E-state index contributed by atoms with van der Waals surface area (Å²) in [4.78, 5) is 0. The summed E-state index contributed by atoms with van der Waals surface area (Å²) in [6, 6.07) is 31.7. The van der Waals surface area contributed by atoms with Crippen molar-refractivity contribution in [3.05, 3.63) is 272 Å². The predicted octanol–water partition coefficient (Wildman–Crippen LogP) is 17.3. The Morgan fingerprint density at radius 2 is 0.611 bits per heavy atom. The molecular weight excluding hydrogens is 872 g/mol. The van der Waals surface area contributed by atoms with Gasteiger partial charge in [0.2, 0.25) is 0 Å². The maximum atomic E-state index is 10.4. The average Bonchev–Trinajstić information content (AvgIpc) is 0.705. The van der Waals surface area contributed by atoms with Crippen LogP contribution in [0.2, 0.25) is 0 Å². The maximum absolute atomic E-state index is 10.4. The highest BCUT2D eigenvalue weighted by Gasteiger charge is 2.23. The minimum Gasteiger partial charge on any atom is -0.423 e. The van der Waals surface area contributed by atoms with Crippen LogP contribution in [-0.2, 0) is 0 Å². The molecule has 0 fully saturated rings. The molecule has 340 valence electrons. The van der Waals surface area contributed by atoms with Crippen molar-refractivity contribution in [1.29, 1.82) is 0 Å². The Morgan fingerprint density at radius 3 is 1.01 bits per heavy atom. The predicted molar refractivity (Wildman–Crippen MR) is 310 cm³/mol. The van der Waals surface area contributed by atoms with E-state index in [9.17, 15) is 10.0 Å². The van der Waals surface area contributed by atoms with E-state index >= 15 is 0 Å². The van der Waals surface area contributed by atoms with Crippen molar-refractivity contribution in [1.82, 2.24) is 0 Å². The first-order chi connectivity index (χ1) is 44.6. The Morgan fingerprint density at radius 1 is 0.292 bits per heavy atom. The summed E-state index contributed by atoms with van der Waals surface area (Å²) in [6.45, 7) is 1.71. The summed E-state index contributed by atoms with van der Waals surface area (Å²) in [5.41, 5.74) is 1.39. The lowest BCUT2D eigenvalue weighted by Crippen LogP contribution is -2.31. The summed E-state index contributed by atoms with van der Waals surface area (Å²) in [5, 5.41) is 27.7. The second-order valence-corrected chi connectivity index (χ2v) is 16.8. The second-order valence-electron chi connectivity index (χ2n) is 16.8. The van der Waals surface area contributed by atoms with Crippen LogP contribution in [0.25, 0.3) is 120 Å². The molecule has 0 radical (unpaired) electrons. The molecule has 0 heterocycles. The van der Waals surface area contributed by atoms with E-state index in [-0.39, 0.29) is 102 Å². The zero-order valence-electron chi connectivity index (χ0n) is 60.2. The molecule has 0 spiro atoms. The molecule has 0 unspecified atom stereocenters. The van der Waals surface area contributed by atoms with Gasteiger partial charge in [0.05, 0.1) is 30.2 Å². The van der Waals surface area contributed by atoms with Gasteiger partial charge in [0.15, 0.2) is 0 Å². The van der Waals surface area contributed by atoms with E-state index in [1.165, 1.54) is 24.3 Å². The van der Waals surface area contributed by atoms with Crippen LogP contribution in [0.3, 0.4) is 0 Å². The fourth-order valence-electron chi connectivity index (χ4n) is 9.52. The van der Waals surface area contributed by atoms with E-state index < -0.39 is 109 Å². The fourth-order valence-corrected chi connectivity index (χ4v) is 9.52. The Hall–Kier alpha value is -8.86. The van der Waals surface area contributed by atoms with Crippen LogP contribution < -0.4 is 5.46 Å². The summed E-state index contributed by atoms with van der Waals surface area (Å²) in [7, 11) is -2.27. The first-order valence-electron chi connectivity index (χ1n) is 33.8. The van der Waals surface area contributed by atoms with Crippen LogP contribution in [0.15, 0.2) is 266 Å². The van der Waals surface area contributed by atoms with Crippen molar-refractivity contribution in [2.24, 2.45) is 0 Å². The van der Waals surface area contributed by atoms with Crippen molar-refractivity contribution in [2.45, 2.75) is 6.92 Å². The van der Waals surface area contributed by atoms with Crippen LogP contribution in [0.5, 0.6) is 0 Å². The zero-order valence-corrected chi connectivity index (χ0v) is 38.2. The van der Waals surface area contributed by atoms with Gasteiger partial charge in [-0.25, -0.2) is 0 Å². The normalized spacial score (nSPS) is 15.5. The Bertz CT molecular complexity index is 5460. The van der Waals surface area contributed by atoms with Crippen molar-refractivity contribution in [2.75, 3.05) is 0 Å². The molecule has 0 bridgehead atoms. The molecule has 2 nitrogen and oxygen atoms in total. The highest BCUT2D eigenvalue weighted by molar-refractivity contribution is 6.66. The number of hydrogen-bond acceptors (Lipinski definition) is 2. The quantitative estimate of drug-likeness (QED) is 0.105. The summed E-state index contributed by atoms with van der Waals surface area (Å²) in [6.07, 6.45) is 0. The number of rotatable bonds is 4. The third-order valence-electron chi connectivity index (χ3n) is 12.7. The largest absolute Gasteiger partial charge is 0.489 e. The van der Waals surface area contributed by atoms with Gasteiger partial charge >= 0.3 is 7.12 Å². The molecule has 14 aromatic carbocycles. The molecule has 72 heavy (non-hydrogen) atoms. The van der Waals surface area contributed by atoms with Gasteiger partial charge < -0.3 is 10.0 Å². The molecular formula is C69H49BO2. The van der Waals surface area contributed by atoms with Gasteiger partial charge in [-0.1, -0.05) is 260 Å². The average molecular weight is 943 g/mol. The van der Waals surface area contributed by atoms with Crippen molar-refractivity contribution in [3.63, 3.8) is 0 Å². The third kappa shape index (κ3) is 8.11. The summed E-state index contributed by atoms with van der Waals surface area (Å²) in [5.74, 6) is 0. The van der Waals surface area contributed by atoms with Crippen LogP contribution >= 0.6 is 0 Å². The van der Waals surface area contributed by atoms with Crippen molar-refractivity contribution < 1.29 is 40.2 Å². The van der Waals surface area contributed by atoms with Gasteiger partial charge in [0.25, 0.3) is 0 Å². The molecule has 0 saturated heterocycles. The monoisotopic (exact) mass is 943 g/mol. The molecule has 0 aliphatic carbocycles. The Balaban J connectivity index is 0.000000158. The molecule has 14 aromatic rings. The van der Waals surface area contributed by atoms with Gasteiger partial charge in [-0.3, -0.25) is 0 Å². The molecule has 0 aliphatic rings. The Kier molecular flexibility index (Phi) is 7.02. The first-order valence-corrected chi connectivity index (χ1v) is 22.8. The minimum atomic E-state index is -2.27. The van der Waals surface area contributed by atoms with Crippen LogP contribution in [0.1, 0.15) is 35.7 Å². The first kappa shape index (κ1) is 26.4. The molecule has 0 aromatic heterocycles. The highest BCUT2D eigenvalue weighted by atomic mass is 16.4. The van der Waals surface area contributed by atoms with E-state index in [4.69, 9.17) is 30.2 Å². The van der Waals surface area contributed by atoms with E-state index in [0.717, 1.165) is 43.1 Å². The van der Waals surface area contributed by atoms with Gasteiger partial charge in [0, 0.05) is 0 Å². The third-order valence-corrected chi connectivity index (χ3v) is 12.7. The van der Waals surface area contributed by atoms with Crippen molar-refractivity contribution >= 4 is 98.8 Å². The summed E-state index contributed by atoms with van der Waals surface area (Å²) < 4.78 is 186. The molecule has 3 heteroatoms. The molecule has 0 amide bonds. The standard InChI is InChI=1S/C34H22.C28H19BO2.C7H8/c1-2-11-25(12-3-1)33-28-14-6-8-16-30(28)34(31-17-9-7-15-29(31)33)26-21-20-24-19-18-23-10-4-5-13-27(23)32(24)22-26;30-29(31)28-24-11-5-3-9-22(24)27(23-10-4-6-12-25(23)28)20-16-15-19-14-13-18-7-1-2-8-21(18)26(19)17-20;1-7-5-3-2-4-6-7/h1-22H;1-17,30-31H;2-6H,1H3/i1D,6D,7D,8D,9D,11D,12D,14D,15D,16D,17D;3D,4D,5D,6D,9D,10D,11D,12D;2D,5D,6D. The van der Waals surface area contributed by atoms with Gasteiger partial charge in [-0.2, -0.15) is 0 Å². The molecule has 0 saturated carbocycles. The van der Waals surface area contributed by atoms with Gasteiger partial charge in [0.1, 0.15) is 0 Å². The molecule has 0 atom stereocenters. The second kappa shape index (κ2) is 19.2. The Labute approximate surface area is 450 Å². The van der Waals surface area contributed by atoms with Crippen LogP contribution in [0, 0.1) is 6.92 Å². The van der Waals surface area contributed by atoms with E-state index in [2.05, 4.69) is 0 Å². The lowest BCUT2D eigenvalue weighted by molar-refractivity contribution is 0.426. The molecule has 14 rings (SSSR count). The van der Waals surface area contributed by atoms with Crippen molar-refractivity contribution in [3.8, 4) is 33.4 Å². The maximum Gasteiger partial charge on any atom is 0.489 e. The fraction of sp³-hybridized carbons (Fsp3) is 0.0145. The topological polar surface area (TPSA) is 40.5 Å². The lowest BCUT2D eigenvalue weighted by Gasteiger charge is -2.18. The van der Waals surface area contributed by atoms with E-state index in [1.807, 2.05) is 97.1 Å². The van der Waals surface area contributed by atoms with Crippen LogP contribution in [-0.4, -0.2) is 17.2 Å².